The number of halogens is 1. The lowest BCUT2D eigenvalue weighted by atomic mass is 10.0. The van der Waals surface area contributed by atoms with Crippen LogP contribution in [0.4, 0.5) is 5.82 Å². The fourth-order valence-electron chi connectivity index (χ4n) is 3.39. The van der Waals surface area contributed by atoms with Gasteiger partial charge < -0.3 is 5.32 Å². The van der Waals surface area contributed by atoms with E-state index in [0.717, 1.165) is 28.2 Å². The van der Waals surface area contributed by atoms with Gasteiger partial charge in [-0.2, -0.15) is 9.78 Å². The maximum Gasteiger partial charge on any atom is 0.252 e. The normalized spacial score (nSPS) is 19.1. The fourth-order valence-corrected chi connectivity index (χ4v) is 5.06. The van der Waals surface area contributed by atoms with Crippen LogP contribution in [0.3, 0.4) is 0 Å². The molecule has 6 nitrogen and oxygen atoms in total. The van der Waals surface area contributed by atoms with Gasteiger partial charge in [0.25, 0.3) is 5.95 Å². The van der Waals surface area contributed by atoms with E-state index >= 15 is 0 Å². The number of nitrogens with zero attached hydrogens (tertiary/aromatic N) is 4. The maximum absolute atomic E-state index is 12.7. The molecular formula is C20H20ClN5OS. The van der Waals surface area contributed by atoms with Gasteiger partial charge in [-0.25, -0.2) is 9.97 Å². The molecular weight excluding hydrogens is 394 g/mol. The van der Waals surface area contributed by atoms with Crippen molar-refractivity contribution in [3.8, 4) is 5.95 Å². The van der Waals surface area contributed by atoms with Crippen LogP contribution < -0.4 is 5.32 Å². The first-order valence-electron chi connectivity index (χ1n) is 8.98. The Labute approximate surface area is 172 Å². The van der Waals surface area contributed by atoms with E-state index in [0.29, 0.717) is 16.8 Å². The topological polar surface area (TPSA) is 72.7 Å². The van der Waals surface area contributed by atoms with Gasteiger partial charge in [-0.05, 0) is 45.4 Å². The number of aryl methyl sites for hydroxylation is 3. The molecule has 144 valence electrons. The third kappa shape index (κ3) is 3.29. The summed E-state index contributed by atoms with van der Waals surface area (Å²) in [5, 5.41) is 8.00. The average Bonchev–Trinajstić information content (AvgIpc) is 2.88. The minimum Gasteiger partial charge on any atom is -0.309 e. The van der Waals surface area contributed by atoms with Crippen molar-refractivity contribution in [1.82, 2.24) is 19.7 Å². The number of anilines is 1. The van der Waals surface area contributed by atoms with Crippen molar-refractivity contribution in [3.05, 3.63) is 63.6 Å². The van der Waals surface area contributed by atoms with Gasteiger partial charge in [0.15, 0.2) is 0 Å². The van der Waals surface area contributed by atoms with Crippen LogP contribution in [-0.4, -0.2) is 30.9 Å². The number of carbonyl (C=O) groups excluding carboxylic acids is 1. The molecule has 2 aromatic heterocycles. The Morgan fingerprint density at radius 3 is 2.50 bits per heavy atom. The highest BCUT2D eigenvalue weighted by Crippen LogP contribution is 2.47. The largest absolute Gasteiger partial charge is 0.309 e. The summed E-state index contributed by atoms with van der Waals surface area (Å²) in [6, 6.07) is 9.63. The predicted molar refractivity (Wildman–Crippen MR) is 112 cm³/mol. The van der Waals surface area contributed by atoms with Crippen LogP contribution in [-0.2, 0) is 4.79 Å². The van der Waals surface area contributed by atoms with Gasteiger partial charge in [-0.3, -0.25) is 4.79 Å². The Morgan fingerprint density at radius 1 is 1.14 bits per heavy atom. The first-order valence-corrected chi connectivity index (χ1v) is 10.3. The minimum absolute atomic E-state index is 0.0775. The van der Waals surface area contributed by atoms with Crippen molar-refractivity contribution < 1.29 is 4.79 Å². The van der Waals surface area contributed by atoms with Crippen molar-refractivity contribution in [2.24, 2.45) is 0 Å². The van der Waals surface area contributed by atoms with E-state index in [2.05, 4.69) is 20.4 Å². The van der Waals surface area contributed by atoms with Gasteiger partial charge in [-0.1, -0.05) is 29.8 Å². The van der Waals surface area contributed by atoms with E-state index < -0.39 is 0 Å². The highest BCUT2D eigenvalue weighted by Gasteiger charge is 2.35. The van der Waals surface area contributed by atoms with Crippen LogP contribution in [0, 0.1) is 20.8 Å². The lowest BCUT2D eigenvalue weighted by molar-refractivity contribution is -0.115. The van der Waals surface area contributed by atoms with Crippen molar-refractivity contribution >= 4 is 35.1 Å². The molecule has 0 spiro atoms. The summed E-state index contributed by atoms with van der Waals surface area (Å²) in [6.07, 6.45) is 0. The highest BCUT2D eigenvalue weighted by molar-refractivity contribution is 8.01. The molecule has 3 heterocycles. The summed E-state index contributed by atoms with van der Waals surface area (Å²) in [5.74, 6) is 0.972. The van der Waals surface area contributed by atoms with Gasteiger partial charge >= 0.3 is 0 Å². The van der Waals surface area contributed by atoms with E-state index in [-0.39, 0.29) is 16.4 Å². The summed E-state index contributed by atoms with van der Waals surface area (Å²) >= 11 is 8.07. The molecule has 0 aliphatic carbocycles. The monoisotopic (exact) mass is 413 g/mol. The van der Waals surface area contributed by atoms with Crippen molar-refractivity contribution in [3.63, 3.8) is 0 Å². The Balaban J connectivity index is 1.95. The van der Waals surface area contributed by atoms with Crippen molar-refractivity contribution in [2.75, 3.05) is 5.32 Å². The van der Waals surface area contributed by atoms with Crippen molar-refractivity contribution in [2.45, 2.75) is 38.2 Å². The average molecular weight is 414 g/mol. The number of hydrogen-bond donors (Lipinski definition) is 1. The minimum atomic E-state index is -0.248. The highest BCUT2D eigenvalue weighted by atomic mass is 35.5. The third-order valence-electron chi connectivity index (χ3n) is 4.67. The lowest BCUT2D eigenvalue weighted by Crippen LogP contribution is -2.23. The number of carbonyl (C=O) groups is 1. The molecule has 2 unspecified atom stereocenters. The number of hydrogen-bond acceptors (Lipinski definition) is 5. The van der Waals surface area contributed by atoms with E-state index in [4.69, 9.17) is 11.6 Å². The molecule has 3 aromatic rings. The number of rotatable bonds is 2. The molecule has 1 aromatic carbocycles. The van der Waals surface area contributed by atoms with E-state index in [1.807, 2.05) is 58.0 Å². The molecule has 0 saturated heterocycles. The van der Waals surface area contributed by atoms with Crippen LogP contribution in [0.25, 0.3) is 5.95 Å². The Hall–Kier alpha value is -2.38. The van der Waals surface area contributed by atoms with Crippen molar-refractivity contribution in [1.29, 1.82) is 0 Å². The SMILES string of the molecule is Cc1cc(C)nc(-n2nc(C)c3c2NC(=O)C(C)SC3c2ccccc2Cl)n1. The zero-order chi connectivity index (χ0) is 20.0. The number of amides is 1. The van der Waals surface area contributed by atoms with E-state index in [1.54, 1.807) is 16.4 Å². The standard InChI is InChI=1S/C20H20ClN5OS/c1-10-9-11(2)23-20(22-10)26-18-16(12(3)25-26)17(28-13(4)19(27)24-18)14-7-5-6-8-15(14)21/h5-9,13,17H,1-4H3,(H,24,27). The summed E-state index contributed by atoms with van der Waals surface area (Å²) < 4.78 is 1.63. The lowest BCUT2D eigenvalue weighted by Gasteiger charge is -2.18. The second-order valence-electron chi connectivity index (χ2n) is 6.88. The molecule has 0 saturated carbocycles. The summed E-state index contributed by atoms with van der Waals surface area (Å²) in [4.78, 5) is 21.8. The molecule has 1 aliphatic rings. The van der Waals surface area contributed by atoms with Crippen LogP contribution in [0.15, 0.2) is 30.3 Å². The van der Waals surface area contributed by atoms with Gasteiger partial charge in [0, 0.05) is 22.0 Å². The smallest absolute Gasteiger partial charge is 0.252 e. The molecule has 2 atom stereocenters. The second kappa shape index (κ2) is 7.22. The number of thioether (sulfide) groups is 1. The van der Waals surface area contributed by atoms with Gasteiger partial charge in [0.05, 0.1) is 16.2 Å². The zero-order valence-electron chi connectivity index (χ0n) is 16.0. The number of nitrogens with one attached hydrogen (secondary N) is 1. The van der Waals surface area contributed by atoms with Crippen LogP contribution in [0.1, 0.15) is 40.4 Å². The third-order valence-corrected chi connectivity index (χ3v) is 6.40. The van der Waals surface area contributed by atoms with Crippen LogP contribution >= 0.6 is 23.4 Å². The van der Waals surface area contributed by atoms with Crippen LogP contribution in [0.2, 0.25) is 5.02 Å². The molecule has 0 fully saturated rings. The van der Waals surface area contributed by atoms with Gasteiger partial charge in [0.2, 0.25) is 5.91 Å². The maximum atomic E-state index is 12.7. The molecule has 8 heteroatoms. The second-order valence-corrected chi connectivity index (χ2v) is 8.74. The predicted octanol–water partition coefficient (Wildman–Crippen LogP) is 4.40. The molecule has 1 aliphatic heterocycles. The first-order chi connectivity index (χ1) is 13.3. The molecule has 0 bridgehead atoms. The van der Waals surface area contributed by atoms with Gasteiger partial charge in [0.1, 0.15) is 5.82 Å². The quantitative estimate of drug-likeness (QED) is 0.673. The molecule has 28 heavy (non-hydrogen) atoms. The summed E-state index contributed by atoms with van der Waals surface area (Å²) in [7, 11) is 0. The molecule has 0 radical (unpaired) electrons. The number of benzene rings is 1. The molecule has 1 amide bonds. The summed E-state index contributed by atoms with van der Waals surface area (Å²) in [5.41, 5.74) is 4.38. The Kier molecular flexibility index (Phi) is 4.89. The number of aromatic nitrogens is 4. The van der Waals surface area contributed by atoms with E-state index in [9.17, 15) is 4.79 Å². The van der Waals surface area contributed by atoms with E-state index in [1.165, 1.54) is 0 Å². The Bertz CT molecular complexity index is 1060. The van der Waals surface area contributed by atoms with Gasteiger partial charge in [-0.15, -0.1) is 11.8 Å². The molecule has 4 rings (SSSR count). The zero-order valence-corrected chi connectivity index (χ0v) is 17.6. The summed E-state index contributed by atoms with van der Waals surface area (Å²) in [6.45, 7) is 7.66. The first kappa shape index (κ1) is 19.0. The fraction of sp³-hybridized carbons (Fsp3) is 0.300. The van der Waals surface area contributed by atoms with Crippen LogP contribution in [0.5, 0.6) is 0 Å². The molecule has 1 N–H and O–H groups in total. The Morgan fingerprint density at radius 2 is 1.82 bits per heavy atom. The number of fused-ring (bicyclic) bond motifs is 1.